The van der Waals surface area contributed by atoms with Crippen LogP contribution in [0.25, 0.3) is 55.0 Å². The van der Waals surface area contributed by atoms with Gasteiger partial charge in [-0.15, -0.1) is 0 Å². The summed E-state index contributed by atoms with van der Waals surface area (Å²) in [6.45, 7) is 4.64. The Hall–Kier alpha value is -4.82. The maximum Gasteiger partial charge on any atom is 0.136 e. The summed E-state index contributed by atoms with van der Waals surface area (Å²) in [7, 11) is 0. The Morgan fingerprint density at radius 3 is 2.26 bits per heavy atom. The van der Waals surface area contributed by atoms with Crippen molar-refractivity contribution in [2.75, 3.05) is 5.32 Å². The van der Waals surface area contributed by atoms with Gasteiger partial charge in [-0.25, -0.2) is 0 Å². The van der Waals surface area contributed by atoms with Gasteiger partial charge < -0.3 is 9.73 Å². The van der Waals surface area contributed by atoms with Gasteiger partial charge in [-0.1, -0.05) is 98.8 Å². The molecule has 1 N–H and O–H groups in total. The maximum atomic E-state index is 6.13. The molecule has 1 aliphatic rings. The molecule has 0 saturated carbocycles. The average Bonchev–Trinajstić information content (AvgIpc) is 3.46. The first kappa shape index (κ1) is 22.2. The van der Waals surface area contributed by atoms with Gasteiger partial charge in [0.1, 0.15) is 11.2 Å². The first-order valence-electron chi connectivity index (χ1n) is 13.5. The van der Waals surface area contributed by atoms with Crippen LogP contribution in [0.15, 0.2) is 126 Å². The molecule has 0 aliphatic heterocycles. The minimum absolute atomic E-state index is 0.00737. The third-order valence-electron chi connectivity index (χ3n) is 8.44. The van der Waals surface area contributed by atoms with Crippen molar-refractivity contribution in [2.45, 2.75) is 19.3 Å². The molecule has 0 amide bonds. The Bertz CT molecular complexity index is 2080. The van der Waals surface area contributed by atoms with Crippen molar-refractivity contribution in [1.29, 1.82) is 0 Å². The second-order valence-corrected chi connectivity index (χ2v) is 11.1. The van der Waals surface area contributed by atoms with Gasteiger partial charge in [-0.2, -0.15) is 0 Å². The summed E-state index contributed by atoms with van der Waals surface area (Å²) >= 11 is 0. The number of nitrogens with one attached hydrogen (secondary N) is 1. The molecule has 0 unspecified atom stereocenters. The summed E-state index contributed by atoms with van der Waals surface area (Å²) in [5, 5.41) is 8.50. The number of rotatable bonds is 3. The van der Waals surface area contributed by atoms with Gasteiger partial charge in [-0.05, 0) is 75.0 Å². The molecule has 1 heterocycles. The van der Waals surface area contributed by atoms with Gasteiger partial charge in [0.2, 0.25) is 0 Å². The minimum atomic E-state index is -0.00737. The van der Waals surface area contributed by atoms with Crippen molar-refractivity contribution >= 4 is 44.1 Å². The molecule has 6 aromatic carbocycles. The van der Waals surface area contributed by atoms with Crippen molar-refractivity contribution in [1.82, 2.24) is 0 Å². The molecule has 7 aromatic rings. The number of hydrogen-bond donors (Lipinski definition) is 1. The largest absolute Gasteiger partial charge is 0.456 e. The Morgan fingerprint density at radius 1 is 0.590 bits per heavy atom. The molecular weight excluding hydrogens is 474 g/mol. The van der Waals surface area contributed by atoms with Crippen LogP contribution in [0.2, 0.25) is 0 Å². The van der Waals surface area contributed by atoms with Gasteiger partial charge in [0.15, 0.2) is 0 Å². The smallest absolute Gasteiger partial charge is 0.136 e. The predicted molar refractivity (Wildman–Crippen MR) is 164 cm³/mol. The van der Waals surface area contributed by atoms with E-state index in [4.69, 9.17) is 4.42 Å². The minimum Gasteiger partial charge on any atom is -0.456 e. The molecule has 0 radical (unpaired) electrons. The van der Waals surface area contributed by atoms with Crippen molar-refractivity contribution in [2.24, 2.45) is 0 Å². The lowest BCUT2D eigenvalue weighted by Crippen LogP contribution is -2.14. The van der Waals surface area contributed by atoms with Gasteiger partial charge >= 0.3 is 0 Å². The molecular formula is C37H27NO. The highest BCUT2D eigenvalue weighted by Gasteiger charge is 2.36. The SMILES string of the molecule is CC1(C)c2ccccc2-c2c(Nc3ccc4cc(-c5cccc6oc7ccccc7c56)ccc4c3)cccc21. The van der Waals surface area contributed by atoms with E-state index in [2.05, 4.69) is 128 Å². The fourth-order valence-corrected chi connectivity index (χ4v) is 6.52. The summed E-state index contributed by atoms with van der Waals surface area (Å²) in [5.74, 6) is 0. The highest BCUT2D eigenvalue weighted by molar-refractivity contribution is 6.13. The topological polar surface area (TPSA) is 25.2 Å². The van der Waals surface area contributed by atoms with Gasteiger partial charge in [0.05, 0.1) is 0 Å². The molecule has 1 aromatic heterocycles. The van der Waals surface area contributed by atoms with Gasteiger partial charge in [-0.3, -0.25) is 0 Å². The molecule has 186 valence electrons. The summed E-state index contributed by atoms with van der Waals surface area (Å²) < 4.78 is 6.13. The van der Waals surface area contributed by atoms with E-state index in [9.17, 15) is 0 Å². The fourth-order valence-electron chi connectivity index (χ4n) is 6.52. The Morgan fingerprint density at radius 2 is 1.31 bits per heavy atom. The number of para-hydroxylation sites is 1. The quantitative estimate of drug-likeness (QED) is 0.260. The van der Waals surface area contributed by atoms with E-state index in [1.165, 1.54) is 49.5 Å². The molecule has 2 heteroatoms. The van der Waals surface area contributed by atoms with Crippen LogP contribution in [-0.2, 0) is 5.41 Å². The average molecular weight is 502 g/mol. The van der Waals surface area contributed by atoms with E-state index in [1.807, 2.05) is 12.1 Å². The van der Waals surface area contributed by atoms with Gasteiger partial charge in [0, 0.05) is 33.1 Å². The zero-order valence-electron chi connectivity index (χ0n) is 22.0. The summed E-state index contributed by atoms with van der Waals surface area (Å²) in [6.07, 6.45) is 0. The summed E-state index contributed by atoms with van der Waals surface area (Å²) in [6, 6.07) is 43.4. The van der Waals surface area contributed by atoms with Crippen molar-refractivity contribution < 1.29 is 4.42 Å². The van der Waals surface area contributed by atoms with Crippen LogP contribution < -0.4 is 5.32 Å². The lowest BCUT2D eigenvalue weighted by Gasteiger charge is -2.21. The maximum absolute atomic E-state index is 6.13. The normalized spacial score (nSPS) is 13.6. The number of furan rings is 1. The second-order valence-electron chi connectivity index (χ2n) is 11.1. The first-order valence-corrected chi connectivity index (χ1v) is 13.5. The van der Waals surface area contributed by atoms with Crippen LogP contribution >= 0.6 is 0 Å². The molecule has 0 fully saturated rings. The molecule has 8 rings (SSSR count). The van der Waals surface area contributed by atoms with Crippen LogP contribution in [0.4, 0.5) is 11.4 Å². The molecule has 0 spiro atoms. The molecule has 0 atom stereocenters. The van der Waals surface area contributed by atoms with Crippen LogP contribution in [0.1, 0.15) is 25.0 Å². The molecule has 2 nitrogen and oxygen atoms in total. The van der Waals surface area contributed by atoms with Crippen molar-refractivity contribution in [3.8, 4) is 22.3 Å². The predicted octanol–water partition coefficient (Wildman–Crippen LogP) is 10.5. The first-order chi connectivity index (χ1) is 19.1. The van der Waals surface area contributed by atoms with E-state index in [1.54, 1.807) is 0 Å². The van der Waals surface area contributed by atoms with E-state index in [0.29, 0.717) is 0 Å². The number of hydrogen-bond acceptors (Lipinski definition) is 2. The van der Waals surface area contributed by atoms with E-state index < -0.39 is 0 Å². The zero-order valence-corrected chi connectivity index (χ0v) is 22.0. The monoisotopic (exact) mass is 501 g/mol. The number of benzene rings is 6. The lowest BCUT2D eigenvalue weighted by atomic mass is 9.82. The zero-order chi connectivity index (χ0) is 26.1. The highest BCUT2D eigenvalue weighted by Crippen LogP contribution is 2.51. The van der Waals surface area contributed by atoms with Crippen LogP contribution in [0, 0.1) is 0 Å². The van der Waals surface area contributed by atoms with Gasteiger partial charge in [0.25, 0.3) is 0 Å². The standard InChI is InChI=1S/C37H27NO/c1-37(2)30-12-5-3-9-28(30)36-31(37)13-8-14-32(36)38-26-20-19-23-21-25(18-17-24(23)22-26)27-11-7-16-34-35(27)29-10-4-6-15-33(29)39-34/h3-22,38H,1-2H3. The Kier molecular flexibility index (Phi) is 4.60. The third kappa shape index (κ3) is 3.28. The number of fused-ring (bicyclic) bond motifs is 7. The van der Waals surface area contributed by atoms with E-state index in [-0.39, 0.29) is 5.41 Å². The fraction of sp³-hybridized carbons (Fsp3) is 0.0811. The van der Waals surface area contributed by atoms with E-state index >= 15 is 0 Å². The number of anilines is 2. The summed E-state index contributed by atoms with van der Waals surface area (Å²) in [4.78, 5) is 0. The van der Waals surface area contributed by atoms with Crippen LogP contribution in [-0.4, -0.2) is 0 Å². The second kappa shape index (κ2) is 8.09. The van der Waals surface area contributed by atoms with Crippen LogP contribution in [0.3, 0.4) is 0 Å². The van der Waals surface area contributed by atoms with Crippen molar-refractivity contribution in [3.05, 3.63) is 132 Å². The van der Waals surface area contributed by atoms with Crippen LogP contribution in [0.5, 0.6) is 0 Å². The highest BCUT2D eigenvalue weighted by atomic mass is 16.3. The summed E-state index contributed by atoms with van der Waals surface area (Å²) in [5.41, 5.74) is 11.9. The van der Waals surface area contributed by atoms with Crippen molar-refractivity contribution in [3.63, 3.8) is 0 Å². The third-order valence-corrected chi connectivity index (χ3v) is 8.44. The molecule has 39 heavy (non-hydrogen) atoms. The lowest BCUT2D eigenvalue weighted by molar-refractivity contribution is 0.660. The molecule has 0 saturated heterocycles. The Labute approximate surface area is 227 Å². The Balaban J connectivity index is 1.19. The molecule has 0 bridgehead atoms. The van der Waals surface area contributed by atoms with E-state index in [0.717, 1.165) is 27.9 Å². The molecule has 1 aliphatic carbocycles.